The number of carbonyl (C=O) groups is 1. The highest BCUT2D eigenvalue weighted by Gasteiger charge is 2.27. The third-order valence-electron chi connectivity index (χ3n) is 5.79. The molecular formula is C23H32N2O. The van der Waals surface area contributed by atoms with Gasteiger partial charge < -0.3 is 10.3 Å². The number of carbonyl (C=O) groups excluding carboxylic acids is 1. The quantitative estimate of drug-likeness (QED) is 0.726. The van der Waals surface area contributed by atoms with Crippen LogP contribution in [0.1, 0.15) is 86.1 Å². The minimum atomic E-state index is -0.302. The average Bonchev–Trinajstić information content (AvgIpc) is 2.89. The molecule has 0 unspecified atom stereocenters. The zero-order chi connectivity index (χ0) is 18.5. The van der Waals surface area contributed by atoms with Crippen LogP contribution in [0.2, 0.25) is 0 Å². The maximum Gasteiger partial charge on any atom is 0.251 e. The predicted molar refractivity (Wildman–Crippen MR) is 108 cm³/mol. The van der Waals surface area contributed by atoms with E-state index in [0.29, 0.717) is 6.04 Å². The molecule has 26 heavy (non-hydrogen) atoms. The van der Waals surface area contributed by atoms with E-state index < -0.39 is 0 Å². The van der Waals surface area contributed by atoms with Crippen molar-refractivity contribution in [3.8, 4) is 11.1 Å². The molecule has 1 heterocycles. The molecule has 2 aromatic rings. The lowest BCUT2D eigenvalue weighted by molar-refractivity contribution is 0.1000. The van der Waals surface area contributed by atoms with Crippen LogP contribution < -0.4 is 5.73 Å². The lowest BCUT2D eigenvalue weighted by atomic mass is 9.95. The third kappa shape index (κ3) is 3.72. The van der Waals surface area contributed by atoms with Crippen molar-refractivity contribution in [3.63, 3.8) is 0 Å². The molecule has 140 valence electrons. The molecule has 2 N–H and O–H groups in total. The van der Waals surface area contributed by atoms with Crippen LogP contribution in [0.3, 0.4) is 0 Å². The predicted octanol–water partition coefficient (Wildman–Crippen LogP) is 5.80. The first-order chi connectivity index (χ1) is 12.6. The van der Waals surface area contributed by atoms with E-state index in [1.54, 1.807) is 0 Å². The van der Waals surface area contributed by atoms with Gasteiger partial charge in [0, 0.05) is 23.0 Å². The summed E-state index contributed by atoms with van der Waals surface area (Å²) in [5.41, 5.74) is 11.1. The molecule has 0 bridgehead atoms. The van der Waals surface area contributed by atoms with Gasteiger partial charge in [0.15, 0.2) is 0 Å². The van der Waals surface area contributed by atoms with E-state index in [2.05, 4.69) is 30.5 Å². The monoisotopic (exact) mass is 352 g/mol. The highest BCUT2D eigenvalue weighted by molar-refractivity contribution is 6.02. The second-order valence-corrected chi connectivity index (χ2v) is 7.63. The first kappa shape index (κ1) is 18.8. The second-order valence-electron chi connectivity index (χ2n) is 7.63. The van der Waals surface area contributed by atoms with Crippen molar-refractivity contribution < 1.29 is 4.79 Å². The number of rotatable bonds is 5. The van der Waals surface area contributed by atoms with Gasteiger partial charge in [-0.3, -0.25) is 4.79 Å². The molecule has 0 atom stereocenters. The topological polar surface area (TPSA) is 48.0 Å². The van der Waals surface area contributed by atoms with Crippen molar-refractivity contribution in [1.29, 1.82) is 0 Å². The molecule has 0 radical (unpaired) electrons. The van der Waals surface area contributed by atoms with Crippen LogP contribution in [-0.4, -0.2) is 10.5 Å². The standard InChI is InChI=1S/C23H32N2O/c1-3-12-20-22(18-13-8-7-9-14-18)21(23(24)26)17(2)25(20)19-15-10-5-4-6-11-16-19/h7-9,13-14,19H,3-6,10-12,15-16H2,1-2H3,(H2,24,26). The Morgan fingerprint density at radius 3 is 2.27 bits per heavy atom. The second kappa shape index (κ2) is 8.57. The van der Waals surface area contributed by atoms with Gasteiger partial charge in [0.1, 0.15) is 0 Å². The smallest absolute Gasteiger partial charge is 0.251 e. The summed E-state index contributed by atoms with van der Waals surface area (Å²) in [6, 6.07) is 10.8. The summed E-state index contributed by atoms with van der Waals surface area (Å²) < 4.78 is 2.48. The van der Waals surface area contributed by atoms with Crippen molar-refractivity contribution in [2.24, 2.45) is 5.73 Å². The Morgan fingerprint density at radius 2 is 1.69 bits per heavy atom. The molecule has 3 nitrogen and oxygen atoms in total. The van der Waals surface area contributed by atoms with E-state index in [4.69, 9.17) is 5.73 Å². The molecule has 1 fully saturated rings. The highest BCUT2D eigenvalue weighted by atomic mass is 16.1. The molecule has 1 amide bonds. The summed E-state index contributed by atoms with van der Waals surface area (Å²) in [6.45, 7) is 4.30. The van der Waals surface area contributed by atoms with Gasteiger partial charge in [-0.15, -0.1) is 0 Å². The summed E-state index contributed by atoms with van der Waals surface area (Å²) in [5.74, 6) is -0.302. The minimum absolute atomic E-state index is 0.302. The fourth-order valence-corrected chi connectivity index (χ4v) is 4.66. The number of nitrogens with two attached hydrogens (primary N) is 1. The number of benzene rings is 1. The zero-order valence-electron chi connectivity index (χ0n) is 16.3. The Morgan fingerprint density at radius 1 is 1.08 bits per heavy atom. The fraction of sp³-hybridized carbons (Fsp3) is 0.522. The van der Waals surface area contributed by atoms with Crippen LogP contribution in [-0.2, 0) is 6.42 Å². The molecule has 3 heteroatoms. The van der Waals surface area contributed by atoms with E-state index in [1.165, 1.54) is 50.6 Å². The van der Waals surface area contributed by atoms with Gasteiger partial charge in [-0.05, 0) is 31.7 Å². The summed E-state index contributed by atoms with van der Waals surface area (Å²) >= 11 is 0. The first-order valence-electron chi connectivity index (χ1n) is 10.2. The van der Waals surface area contributed by atoms with Gasteiger partial charge in [0.2, 0.25) is 0 Å². The van der Waals surface area contributed by atoms with Crippen LogP contribution in [0, 0.1) is 6.92 Å². The van der Waals surface area contributed by atoms with E-state index in [0.717, 1.165) is 35.2 Å². The summed E-state index contributed by atoms with van der Waals surface area (Å²) in [4.78, 5) is 12.4. The van der Waals surface area contributed by atoms with Gasteiger partial charge in [-0.1, -0.05) is 75.8 Å². The van der Waals surface area contributed by atoms with Crippen LogP contribution >= 0.6 is 0 Å². The molecule has 0 spiro atoms. The molecule has 1 aliphatic carbocycles. The Kier molecular flexibility index (Phi) is 6.18. The van der Waals surface area contributed by atoms with Gasteiger partial charge in [-0.2, -0.15) is 0 Å². The molecule has 1 aromatic carbocycles. The van der Waals surface area contributed by atoms with Gasteiger partial charge in [-0.25, -0.2) is 0 Å². The van der Waals surface area contributed by atoms with Gasteiger partial charge >= 0.3 is 0 Å². The fourth-order valence-electron chi connectivity index (χ4n) is 4.66. The summed E-state index contributed by atoms with van der Waals surface area (Å²) in [7, 11) is 0. The normalized spacial score (nSPS) is 16.2. The summed E-state index contributed by atoms with van der Waals surface area (Å²) in [5, 5.41) is 0. The lowest BCUT2D eigenvalue weighted by Gasteiger charge is -2.26. The van der Waals surface area contributed by atoms with Gasteiger partial charge in [0.05, 0.1) is 5.56 Å². The van der Waals surface area contributed by atoms with Crippen molar-refractivity contribution >= 4 is 5.91 Å². The van der Waals surface area contributed by atoms with Crippen molar-refractivity contribution in [3.05, 3.63) is 47.3 Å². The number of primary amides is 1. The van der Waals surface area contributed by atoms with Crippen LogP contribution in [0.15, 0.2) is 30.3 Å². The van der Waals surface area contributed by atoms with Gasteiger partial charge in [0.25, 0.3) is 5.91 Å². The number of amides is 1. The van der Waals surface area contributed by atoms with E-state index in [9.17, 15) is 4.79 Å². The molecule has 1 aromatic heterocycles. The Hall–Kier alpha value is -2.03. The Bertz CT molecular complexity index is 737. The molecule has 1 aliphatic rings. The molecule has 1 saturated carbocycles. The molecular weight excluding hydrogens is 320 g/mol. The molecule has 0 aliphatic heterocycles. The highest BCUT2D eigenvalue weighted by Crippen LogP contribution is 2.38. The molecule has 3 rings (SSSR count). The van der Waals surface area contributed by atoms with Crippen molar-refractivity contribution in [2.75, 3.05) is 0 Å². The van der Waals surface area contributed by atoms with Crippen LogP contribution in [0.5, 0.6) is 0 Å². The maximum atomic E-state index is 12.4. The number of nitrogens with zero attached hydrogens (tertiary/aromatic N) is 1. The number of hydrogen-bond acceptors (Lipinski definition) is 1. The van der Waals surface area contributed by atoms with E-state index in [1.807, 2.05) is 18.2 Å². The summed E-state index contributed by atoms with van der Waals surface area (Å²) in [6.07, 6.45) is 11.0. The third-order valence-corrected chi connectivity index (χ3v) is 5.79. The first-order valence-corrected chi connectivity index (χ1v) is 10.2. The minimum Gasteiger partial charge on any atom is -0.366 e. The Balaban J connectivity index is 2.18. The van der Waals surface area contributed by atoms with Crippen LogP contribution in [0.4, 0.5) is 0 Å². The van der Waals surface area contributed by atoms with Crippen molar-refractivity contribution in [1.82, 2.24) is 4.57 Å². The Labute approximate surface area is 157 Å². The lowest BCUT2D eigenvalue weighted by Crippen LogP contribution is -2.17. The SMILES string of the molecule is CCCc1c(-c2ccccc2)c(C(N)=O)c(C)n1C1CCCCCCC1. The number of aromatic nitrogens is 1. The largest absolute Gasteiger partial charge is 0.366 e. The zero-order valence-corrected chi connectivity index (χ0v) is 16.3. The maximum absolute atomic E-state index is 12.4. The van der Waals surface area contributed by atoms with Crippen LogP contribution in [0.25, 0.3) is 11.1 Å². The average molecular weight is 353 g/mol. The van der Waals surface area contributed by atoms with Crippen molar-refractivity contribution in [2.45, 2.75) is 77.7 Å². The number of hydrogen-bond donors (Lipinski definition) is 1. The van der Waals surface area contributed by atoms with E-state index in [-0.39, 0.29) is 5.91 Å². The van der Waals surface area contributed by atoms with E-state index >= 15 is 0 Å². The molecule has 0 saturated heterocycles.